The number of fused-ring (bicyclic) bond motifs is 1. The van der Waals surface area contributed by atoms with Crippen molar-refractivity contribution in [1.82, 2.24) is 4.90 Å². The predicted molar refractivity (Wildman–Crippen MR) is 132 cm³/mol. The standard InChI is InChI=1S/C26H34N4O3/c1-3-28(4-2)21-14-12-20(13-15-21)27-25(31)19-30-18-24(26(32)29-16-8-5-9-17-29)33-23-11-7-6-10-22(23)30/h6-7,10-15,24H,3-5,8-9,16-19H2,1-2H3,(H,27,31). The highest BCUT2D eigenvalue weighted by Crippen LogP contribution is 2.33. The lowest BCUT2D eigenvalue weighted by Crippen LogP contribution is -2.52. The number of benzene rings is 2. The molecular formula is C26H34N4O3. The van der Waals surface area contributed by atoms with Gasteiger partial charge >= 0.3 is 0 Å². The molecule has 0 bridgehead atoms. The van der Waals surface area contributed by atoms with Gasteiger partial charge in [0.2, 0.25) is 5.91 Å². The van der Waals surface area contributed by atoms with Gasteiger partial charge in [-0.3, -0.25) is 9.59 Å². The number of piperidine rings is 1. The molecule has 7 heteroatoms. The van der Waals surface area contributed by atoms with Gasteiger partial charge in [0.1, 0.15) is 5.75 Å². The first-order chi connectivity index (χ1) is 16.1. The second kappa shape index (κ2) is 10.6. The molecule has 2 aromatic rings. The first kappa shape index (κ1) is 23.0. The number of carbonyl (C=O) groups excluding carboxylic acids is 2. The van der Waals surface area contributed by atoms with Gasteiger partial charge in [0.15, 0.2) is 6.10 Å². The minimum Gasteiger partial charge on any atom is -0.477 e. The number of para-hydroxylation sites is 2. The van der Waals surface area contributed by atoms with Crippen LogP contribution in [0.15, 0.2) is 48.5 Å². The lowest BCUT2D eigenvalue weighted by atomic mass is 10.1. The number of ether oxygens (including phenoxy) is 1. The predicted octanol–water partition coefficient (Wildman–Crippen LogP) is 3.75. The molecule has 33 heavy (non-hydrogen) atoms. The summed E-state index contributed by atoms with van der Waals surface area (Å²) in [5.74, 6) is 0.545. The Morgan fingerprint density at radius 2 is 1.70 bits per heavy atom. The Labute approximate surface area is 196 Å². The number of likely N-dealkylation sites (tertiary alicyclic amines) is 1. The zero-order valence-electron chi connectivity index (χ0n) is 19.6. The molecule has 0 saturated carbocycles. The molecular weight excluding hydrogens is 416 g/mol. The molecule has 7 nitrogen and oxygen atoms in total. The Bertz CT molecular complexity index is 952. The zero-order chi connectivity index (χ0) is 23.2. The third-order valence-corrected chi connectivity index (χ3v) is 6.42. The van der Waals surface area contributed by atoms with E-state index in [9.17, 15) is 9.59 Å². The maximum atomic E-state index is 13.1. The largest absolute Gasteiger partial charge is 0.477 e. The van der Waals surface area contributed by atoms with E-state index in [1.54, 1.807) is 0 Å². The monoisotopic (exact) mass is 450 g/mol. The van der Waals surface area contributed by atoms with E-state index in [2.05, 4.69) is 24.1 Å². The first-order valence-corrected chi connectivity index (χ1v) is 12.0. The Balaban J connectivity index is 1.43. The average Bonchev–Trinajstić information content (AvgIpc) is 2.85. The maximum Gasteiger partial charge on any atom is 0.265 e. The summed E-state index contributed by atoms with van der Waals surface area (Å²) in [5, 5.41) is 2.99. The molecule has 2 aliphatic rings. The van der Waals surface area contributed by atoms with Gasteiger partial charge in [0.05, 0.1) is 18.8 Å². The van der Waals surface area contributed by atoms with Gasteiger partial charge in [-0.2, -0.15) is 0 Å². The van der Waals surface area contributed by atoms with Crippen molar-refractivity contribution in [3.63, 3.8) is 0 Å². The van der Waals surface area contributed by atoms with E-state index in [0.29, 0.717) is 12.3 Å². The van der Waals surface area contributed by atoms with E-state index >= 15 is 0 Å². The van der Waals surface area contributed by atoms with Gasteiger partial charge in [-0.1, -0.05) is 12.1 Å². The molecule has 1 unspecified atom stereocenters. The van der Waals surface area contributed by atoms with Crippen LogP contribution in [0, 0.1) is 0 Å². The van der Waals surface area contributed by atoms with Crippen LogP contribution in [0.3, 0.4) is 0 Å². The van der Waals surface area contributed by atoms with Crippen molar-refractivity contribution >= 4 is 28.9 Å². The number of anilines is 3. The number of nitrogens with one attached hydrogen (secondary N) is 1. The molecule has 1 fully saturated rings. The van der Waals surface area contributed by atoms with Gasteiger partial charge in [0, 0.05) is 37.6 Å². The van der Waals surface area contributed by atoms with E-state index in [1.807, 2.05) is 58.3 Å². The average molecular weight is 451 g/mol. The fourth-order valence-electron chi connectivity index (χ4n) is 4.62. The molecule has 0 spiro atoms. The zero-order valence-corrected chi connectivity index (χ0v) is 19.6. The Hall–Kier alpha value is -3.22. The SMILES string of the molecule is CCN(CC)c1ccc(NC(=O)CN2CC(C(=O)N3CCCCC3)Oc3ccccc32)cc1. The smallest absolute Gasteiger partial charge is 0.265 e. The summed E-state index contributed by atoms with van der Waals surface area (Å²) in [7, 11) is 0. The fraction of sp³-hybridized carbons (Fsp3) is 0.462. The highest BCUT2D eigenvalue weighted by Gasteiger charge is 2.34. The molecule has 2 aliphatic heterocycles. The summed E-state index contributed by atoms with van der Waals surface area (Å²) in [6.07, 6.45) is 2.64. The number of amides is 2. The van der Waals surface area contributed by atoms with Crippen LogP contribution in [-0.2, 0) is 9.59 Å². The lowest BCUT2D eigenvalue weighted by molar-refractivity contribution is -0.139. The summed E-state index contributed by atoms with van der Waals surface area (Å²) < 4.78 is 6.06. The fourth-order valence-corrected chi connectivity index (χ4v) is 4.62. The van der Waals surface area contributed by atoms with Gasteiger partial charge in [-0.15, -0.1) is 0 Å². The summed E-state index contributed by atoms with van der Waals surface area (Å²) in [6.45, 7) is 8.22. The third-order valence-electron chi connectivity index (χ3n) is 6.42. The van der Waals surface area contributed by atoms with Crippen molar-refractivity contribution < 1.29 is 14.3 Å². The molecule has 0 aromatic heterocycles. The highest BCUT2D eigenvalue weighted by atomic mass is 16.5. The second-order valence-corrected chi connectivity index (χ2v) is 8.61. The Morgan fingerprint density at radius 1 is 1.00 bits per heavy atom. The first-order valence-electron chi connectivity index (χ1n) is 12.0. The van der Waals surface area contributed by atoms with Crippen LogP contribution in [0.4, 0.5) is 17.1 Å². The second-order valence-electron chi connectivity index (χ2n) is 8.61. The summed E-state index contributed by atoms with van der Waals surface area (Å²) >= 11 is 0. The lowest BCUT2D eigenvalue weighted by Gasteiger charge is -2.38. The number of carbonyl (C=O) groups is 2. The van der Waals surface area contributed by atoms with E-state index in [0.717, 1.165) is 56.1 Å². The third kappa shape index (κ3) is 5.41. The van der Waals surface area contributed by atoms with Crippen molar-refractivity contribution in [3.8, 4) is 5.75 Å². The summed E-state index contributed by atoms with van der Waals surface area (Å²) in [5.41, 5.74) is 2.74. The molecule has 2 heterocycles. The normalized spacial score (nSPS) is 17.7. The van der Waals surface area contributed by atoms with Crippen LogP contribution < -0.4 is 19.9 Å². The maximum absolute atomic E-state index is 13.1. The van der Waals surface area contributed by atoms with Crippen molar-refractivity contribution in [2.45, 2.75) is 39.2 Å². The van der Waals surface area contributed by atoms with Crippen molar-refractivity contribution in [2.75, 3.05) is 54.4 Å². The molecule has 176 valence electrons. The molecule has 4 rings (SSSR count). The van der Waals surface area contributed by atoms with Crippen LogP contribution in [0.2, 0.25) is 0 Å². The number of rotatable bonds is 7. The van der Waals surface area contributed by atoms with Crippen LogP contribution in [0.25, 0.3) is 0 Å². The molecule has 2 aromatic carbocycles. The van der Waals surface area contributed by atoms with E-state index in [-0.39, 0.29) is 18.4 Å². The van der Waals surface area contributed by atoms with Crippen LogP contribution >= 0.6 is 0 Å². The number of nitrogens with zero attached hydrogens (tertiary/aromatic N) is 3. The Morgan fingerprint density at radius 3 is 2.39 bits per heavy atom. The highest BCUT2D eigenvalue weighted by molar-refractivity contribution is 5.95. The number of hydrogen-bond donors (Lipinski definition) is 1. The number of hydrogen-bond acceptors (Lipinski definition) is 5. The Kier molecular flexibility index (Phi) is 7.37. The van der Waals surface area contributed by atoms with E-state index in [4.69, 9.17) is 4.74 Å². The molecule has 0 aliphatic carbocycles. The van der Waals surface area contributed by atoms with Gasteiger partial charge in [0.25, 0.3) is 5.91 Å². The quantitative estimate of drug-likeness (QED) is 0.696. The molecule has 1 N–H and O–H groups in total. The van der Waals surface area contributed by atoms with Crippen molar-refractivity contribution in [3.05, 3.63) is 48.5 Å². The van der Waals surface area contributed by atoms with Gasteiger partial charge in [-0.05, 0) is 69.5 Å². The van der Waals surface area contributed by atoms with E-state index in [1.165, 1.54) is 6.42 Å². The molecule has 0 radical (unpaired) electrons. The van der Waals surface area contributed by atoms with Gasteiger partial charge in [-0.25, -0.2) is 0 Å². The minimum atomic E-state index is -0.598. The van der Waals surface area contributed by atoms with Crippen LogP contribution in [0.1, 0.15) is 33.1 Å². The van der Waals surface area contributed by atoms with Crippen LogP contribution in [0.5, 0.6) is 5.75 Å². The topological polar surface area (TPSA) is 65.1 Å². The molecule has 2 amide bonds. The minimum absolute atomic E-state index is 0.0154. The summed E-state index contributed by atoms with van der Waals surface area (Å²) in [6, 6.07) is 15.5. The van der Waals surface area contributed by atoms with Crippen molar-refractivity contribution in [2.24, 2.45) is 0 Å². The van der Waals surface area contributed by atoms with E-state index < -0.39 is 6.10 Å². The molecule has 1 saturated heterocycles. The van der Waals surface area contributed by atoms with Gasteiger partial charge < -0.3 is 24.8 Å². The molecule has 1 atom stereocenters. The van der Waals surface area contributed by atoms with Crippen LogP contribution in [-0.4, -0.2) is 62.1 Å². The summed E-state index contributed by atoms with van der Waals surface area (Å²) in [4.78, 5) is 32.1. The van der Waals surface area contributed by atoms with Crippen molar-refractivity contribution in [1.29, 1.82) is 0 Å².